The summed E-state index contributed by atoms with van der Waals surface area (Å²) >= 11 is 11.8. The van der Waals surface area contributed by atoms with Crippen molar-refractivity contribution in [3.63, 3.8) is 0 Å². The molecule has 1 aromatic carbocycles. The number of halogens is 3. The van der Waals surface area contributed by atoms with Crippen LogP contribution >= 0.6 is 23.2 Å². The molecule has 0 spiro atoms. The van der Waals surface area contributed by atoms with Crippen molar-refractivity contribution < 1.29 is 4.39 Å². The average Bonchev–Trinajstić information content (AvgIpc) is 2.30. The maximum Gasteiger partial charge on any atom is 0.154 e. The molecular weight excluding hydrogens is 266 g/mol. The van der Waals surface area contributed by atoms with Gasteiger partial charge in [-0.1, -0.05) is 23.2 Å². The molecule has 4 nitrogen and oxygen atoms in total. The standard InChI is InChI=1S/C10H7Cl2FN4/c11-6-2-1-5(13)3-7(6)17-10-8(12)9(14)15-4-16-10/h1-4H,(H3,14,15,16,17). The Morgan fingerprint density at radius 1 is 1.24 bits per heavy atom. The highest BCUT2D eigenvalue weighted by molar-refractivity contribution is 6.36. The summed E-state index contributed by atoms with van der Waals surface area (Å²) in [6.07, 6.45) is 1.25. The molecule has 1 aromatic heterocycles. The first-order valence-corrected chi connectivity index (χ1v) is 5.31. The Bertz CT molecular complexity index is 562. The van der Waals surface area contributed by atoms with E-state index in [0.29, 0.717) is 10.7 Å². The van der Waals surface area contributed by atoms with Crippen molar-refractivity contribution in [2.45, 2.75) is 0 Å². The Balaban J connectivity index is 2.38. The summed E-state index contributed by atoms with van der Waals surface area (Å²) in [5.41, 5.74) is 5.87. The van der Waals surface area contributed by atoms with Gasteiger partial charge >= 0.3 is 0 Å². The van der Waals surface area contributed by atoms with Crippen LogP contribution in [0, 0.1) is 5.82 Å². The third-order valence-corrected chi connectivity index (χ3v) is 2.70. The summed E-state index contributed by atoms with van der Waals surface area (Å²) in [6, 6.07) is 3.91. The summed E-state index contributed by atoms with van der Waals surface area (Å²) in [5.74, 6) is -0.0154. The van der Waals surface area contributed by atoms with E-state index in [4.69, 9.17) is 28.9 Å². The number of nitrogens with two attached hydrogens (primary N) is 1. The predicted molar refractivity (Wildman–Crippen MR) is 66.1 cm³/mol. The summed E-state index contributed by atoms with van der Waals surface area (Å²) in [6.45, 7) is 0. The van der Waals surface area contributed by atoms with Crippen molar-refractivity contribution in [2.75, 3.05) is 11.1 Å². The fraction of sp³-hybridized carbons (Fsp3) is 0. The van der Waals surface area contributed by atoms with Gasteiger partial charge < -0.3 is 11.1 Å². The highest BCUT2D eigenvalue weighted by Gasteiger charge is 2.09. The van der Waals surface area contributed by atoms with Crippen LogP contribution in [0.4, 0.5) is 21.7 Å². The molecule has 3 N–H and O–H groups in total. The second-order valence-electron chi connectivity index (χ2n) is 3.17. The van der Waals surface area contributed by atoms with Crippen molar-refractivity contribution in [1.29, 1.82) is 0 Å². The first kappa shape index (κ1) is 11.9. The van der Waals surface area contributed by atoms with Gasteiger partial charge in [0.2, 0.25) is 0 Å². The molecule has 0 saturated heterocycles. The van der Waals surface area contributed by atoms with E-state index in [9.17, 15) is 4.39 Å². The van der Waals surface area contributed by atoms with Crippen molar-refractivity contribution in [2.24, 2.45) is 0 Å². The van der Waals surface area contributed by atoms with Gasteiger partial charge in [-0.2, -0.15) is 0 Å². The lowest BCUT2D eigenvalue weighted by Gasteiger charge is -2.09. The van der Waals surface area contributed by atoms with E-state index in [-0.39, 0.29) is 16.7 Å². The van der Waals surface area contributed by atoms with E-state index in [1.54, 1.807) is 0 Å². The van der Waals surface area contributed by atoms with Crippen molar-refractivity contribution >= 4 is 40.5 Å². The number of anilines is 3. The van der Waals surface area contributed by atoms with Crippen LogP contribution in [0.2, 0.25) is 10.0 Å². The molecule has 0 saturated carbocycles. The van der Waals surface area contributed by atoms with E-state index in [1.165, 1.54) is 24.5 Å². The van der Waals surface area contributed by atoms with E-state index >= 15 is 0 Å². The van der Waals surface area contributed by atoms with Crippen LogP contribution in [-0.4, -0.2) is 9.97 Å². The topological polar surface area (TPSA) is 63.8 Å². The number of hydrogen-bond donors (Lipinski definition) is 2. The molecule has 2 aromatic rings. The van der Waals surface area contributed by atoms with Crippen LogP contribution in [-0.2, 0) is 0 Å². The Morgan fingerprint density at radius 3 is 2.76 bits per heavy atom. The van der Waals surface area contributed by atoms with Gasteiger partial charge in [-0.05, 0) is 18.2 Å². The zero-order valence-electron chi connectivity index (χ0n) is 8.42. The maximum absolute atomic E-state index is 13.0. The molecule has 0 aliphatic carbocycles. The minimum Gasteiger partial charge on any atom is -0.382 e. The van der Waals surface area contributed by atoms with Crippen LogP contribution < -0.4 is 11.1 Å². The molecule has 0 amide bonds. The SMILES string of the molecule is Nc1ncnc(Nc2cc(F)ccc2Cl)c1Cl. The number of nitrogens with zero attached hydrogens (tertiary/aromatic N) is 2. The molecular formula is C10H7Cl2FN4. The largest absolute Gasteiger partial charge is 0.382 e. The Morgan fingerprint density at radius 2 is 2.00 bits per heavy atom. The normalized spacial score (nSPS) is 10.3. The first-order valence-electron chi connectivity index (χ1n) is 4.56. The first-order chi connectivity index (χ1) is 8.08. The highest BCUT2D eigenvalue weighted by atomic mass is 35.5. The van der Waals surface area contributed by atoms with Crippen molar-refractivity contribution in [1.82, 2.24) is 9.97 Å². The molecule has 88 valence electrons. The van der Waals surface area contributed by atoms with Crippen LogP contribution in [0.15, 0.2) is 24.5 Å². The minimum atomic E-state index is -0.421. The number of aromatic nitrogens is 2. The average molecular weight is 273 g/mol. The van der Waals surface area contributed by atoms with Gasteiger partial charge in [0, 0.05) is 0 Å². The highest BCUT2D eigenvalue weighted by Crippen LogP contribution is 2.30. The third-order valence-electron chi connectivity index (χ3n) is 2.00. The number of benzene rings is 1. The fourth-order valence-corrected chi connectivity index (χ4v) is 1.50. The lowest BCUT2D eigenvalue weighted by molar-refractivity contribution is 0.628. The molecule has 17 heavy (non-hydrogen) atoms. The summed E-state index contributed by atoms with van der Waals surface area (Å²) in [5, 5.41) is 3.29. The van der Waals surface area contributed by atoms with E-state index < -0.39 is 5.82 Å². The van der Waals surface area contributed by atoms with Gasteiger partial charge in [-0.25, -0.2) is 14.4 Å². The van der Waals surface area contributed by atoms with Crippen LogP contribution in [0.1, 0.15) is 0 Å². The number of nitrogens with one attached hydrogen (secondary N) is 1. The number of nitrogen functional groups attached to an aromatic ring is 1. The second-order valence-corrected chi connectivity index (χ2v) is 3.96. The zero-order chi connectivity index (χ0) is 12.4. The van der Waals surface area contributed by atoms with Crippen molar-refractivity contribution in [3.8, 4) is 0 Å². The molecule has 0 aliphatic heterocycles. The van der Waals surface area contributed by atoms with E-state index in [1.807, 2.05) is 0 Å². The number of rotatable bonds is 2. The molecule has 0 atom stereocenters. The van der Waals surface area contributed by atoms with Gasteiger partial charge in [-0.3, -0.25) is 0 Å². The van der Waals surface area contributed by atoms with Gasteiger partial charge in [0.1, 0.15) is 23.0 Å². The lowest BCUT2D eigenvalue weighted by Crippen LogP contribution is -2.00. The molecule has 0 fully saturated rings. The monoisotopic (exact) mass is 272 g/mol. The van der Waals surface area contributed by atoms with Gasteiger partial charge in [-0.15, -0.1) is 0 Å². The predicted octanol–water partition coefficient (Wildman–Crippen LogP) is 3.25. The summed E-state index contributed by atoms with van der Waals surface area (Å²) in [7, 11) is 0. The summed E-state index contributed by atoms with van der Waals surface area (Å²) in [4.78, 5) is 7.60. The van der Waals surface area contributed by atoms with E-state index in [2.05, 4.69) is 15.3 Å². The van der Waals surface area contributed by atoms with Gasteiger partial charge in [0.25, 0.3) is 0 Å². The molecule has 7 heteroatoms. The molecule has 0 aliphatic rings. The van der Waals surface area contributed by atoms with Gasteiger partial charge in [0.05, 0.1) is 10.7 Å². The molecule has 2 rings (SSSR count). The molecule has 0 unspecified atom stereocenters. The minimum absolute atomic E-state index is 0.136. The quantitative estimate of drug-likeness (QED) is 0.881. The van der Waals surface area contributed by atoms with Gasteiger partial charge in [0.15, 0.2) is 5.82 Å². The summed E-state index contributed by atoms with van der Waals surface area (Å²) < 4.78 is 13.0. The Kier molecular flexibility index (Phi) is 3.31. The van der Waals surface area contributed by atoms with Crippen LogP contribution in [0.5, 0.6) is 0 Å². The Hall–Kier alpha value is -1.59. The molecule has 0 bridgehead atoms. The third kappa shape index (κ3) is 2.57. The van der Waals surface area contributed by atoms with Crippen molar-refractivity contribution in [3.05, 3.63) is 40.4 Å². The second kappa shape index (κ2) is 4.73. The molecule has 1 heterocycles. The maximum atomic E-state index is 13.0. The fourth-order valence-electron chi connectivity index (χ4n) is 1.19. The Labute approximate surface area is 107 Å². The lowest BCUT2D eigenvalue weighted by atomic mass is 10.3. The zero-order valence-corrected chi connectivity index (χ0v) is 9.93. The smallest absolute Gasteiger partial charge is 0.154 e. The molecule has 0 radical (unpaired) electrons. The van der Waals surface area contributed by atoms with Crippen LogP contribution in [0.25, 0.3) is 0 Å². The number of hydrogen-bond acceptors (Lipinski definition) is 4. The van der Waals surface area contributed by atoms with E-state index in [0.717, 1.165) is 0 Å². The van der Waals surface area contributed by atoms with Crippen LogP contribution in [0.3, 0.4) is 0 Å².